The van der Waals surface area contributed by atoms with Gasteiger partial charge in [0.05, 0.1) is 16.4 Å². The molecule has 5 rings (SSSR count). The van der Waals surface area contributed by atoms with Crippen LogP contribution in [-0.4, -0.2) is 39.4 Å². The van der Waals surface area contributed by atoms with Crippen molar-refractivity contribution in [1.29, 1.82) is 0 Å². The van der Waals surface area contributed by atoms with Crippen LogP contribution in [0.2, 0.25) is 10.0 Å². The molecule has 0 unspecified atom stereocenters. The fraction of sp³-hybridized carbons (Fsp3) is 0.250. The standard InChI is InChI=1S/C24H20Cl2FN3OS/c25-17-5-8-21(20(26)12-17)30-23-16(11-15-3-6-18(27)7-4-15)13-32-14-19(23)22(28-30)24(31)29-9-1-2-10-29/h3-8,11-12H,1-2,9-10,13-14H2/b16-11+. The van der Waals surface area contributed by atoms with Gasteiger partial charge < -0.3 is 4.90 Å². The molecule has 8 heteroatoms. The van der Waals surface area contributed by atoms with Crippen LogP contribution in [0.25, 0.3) is 17.3 Å². The van der Waals surface area contributed by atoms with Crippen molar-refractivity contribution >= 4 is 52.5 Å². The first-order valence-corrected chi connectivity index (χ1v) is 12.3. The molecule has 0 atom stereocenters. The lowest BCUT2D eigenvalue weighted by molar-refractivity contribution is 0.0785. The summed E-state index contributed by atoms with van der Waals surface area (Å²) in [5, 5.41) is 5.78. The van der Waals surface area contributed by atoms with Crippen molar-refractivity contribution in [1.82, 2.24) is 14.7 Å². The lowest BCUT2D eigenvalue weighted by Crippen LogP contribution is -2.29. The van der Waals surface area contributed by atoms with Crippen molar-refractivity contribution in [3.8, 4) is 5.69 Å². The molecule has 32 heavy (non-hydrogen) atoms. The predicted molar refractivity (Wildman–Crippen MR) is 129 cm³/mol. The molecule has 164 valence electrons. The summed E-state index contributed by atoms with van der Waals surface area (Å²) in [4.78, 5) is 15.2. The third-order valence-corrected chi connectivity index (χ3v) is 7.28. The number of carbonyl (C=O) groups is 1. The number of halogens is 3. The molecule has 4 nitrogen and oxygen atoms in total. The minimum Gasteiger partial charge on any atom is -0.337 e. The summed E-state index contributed by atoms with van der Waals surface area (Å²) in [6.45, 7) is 1.52. The van der Waals surface area contributed by atoms with Crippen LogP contribution >= 0.6 is 35.0 Å². The lowest BCUT2D eigenvalue weighted by atomic mass is 10.0. The van der Waals surface area contributed by atoms with Crippen LogP contribution in [0.4, 0.5) is 4.39 Å². The van der Waals surface area contributed by atoms with E-state index in [0.717, 1.165) is 54.1 Å². The highest BCUT2D eigenvalue weighted by Crippen LogP contribution is 2.39. The monoisotopic (exact) mass is 487 g/mol. The minimum atomic E-state index is -0.276. The molecule has 0 spiro atoms. The summed E-state index contributed by atoms with van der Waals surface area (Å²) in [5.74, 6) is 1.13. The number of fused-ring (bicyclic) bond motifs is 1. The topological polar surface area (TPSA) is 38.1 Å². The SMILES string of the molecule is O=C(c1nn(-c2ccc(Cl)cc2Cl)c2c1CSC/C2=C\c1ccc(F)cc1)N1CCCC1. The summed E-state index contributed by atoms with van der Waals surface area (Å²) in [6.07, 6.45) is 4.06. The smallest absolute Gasteiger partial charge is 0.274 e. The first kappa shape index (κ1) is 21.6. The average Bonchev–Trinajstić information content (AvgIpc) is 3.44. The summed E-state index contributed by atoms with van der Waals surface area (Å²) in [6, 6.07) is 11.6. The zero-order valence-electron chi connectivity index (χ0n) is 17.2. The van der Waals surface area contributed by atoms with Crippen molar-refractivity contribution in [2.75, 3.05) is 18.8 Å². The minimum absolute atomic E-state index is 0.0359. The van der Waals surface area contributed by atoms with Gasteiger partial charge in [-0.05, 0) is 60.4 Å². The second kappa shape index (κ2) is 8.93. The van der Waals surface area contributed by atoms with E-state index in [2.05, 4.69) is 0 Å². The number of thioether (sulfide) groups is 1. The van der Waals surface area contributed by atoms with E-state index in [1.807, 2.05) is 17.0 Å². The van der Waals surface area contributed by atoms with Crippen LogP contribution in [0.3, 0.4) is 0 Å². The van der Waals surface area contributed by atoms with Crippen LogP contribution < -0.4 is 0 Å². The molecule has 1 aromatic heterocycles. The number of rotatable bonds is 3. The van der Waals surface area contributed by atoms with Gasteiger partial charge in [-0.15, -0.1) is 0 Å². The number of nitrogens with zero attached hydrogens (tertiary/aromatic N) is 3. The van der Waals surface area contributed by atoms with Crippen LogP contribution in [-0.2, 0) is 5.75 Å². The van der Waals surface area contributed by atoms with Crippen molar-refractivity contribution in [3.63, 3.8) is 0 Å². The number of hydrogen-bond acceptors (Lipinski definition) is 3. The quantitative estimate of drug-likeness (QED) is 0.432. The first-order chi connectivity index (χ1) is 15.5. The van der Waals surface area contributed by atoms with E-state index < -0.39 is 0 Å². The Bertz CT molecular complexity index is 1220. The Morgan fingerprint density at radius 3 is 2.53 bits per heavy atom. The van der Waals surface area contributed by atoms with E-state index in [-0.39, 0.29) is 11.7 Å². The third-order valence-electron chi connectivity index (χ3n) is 5.74. The molecule has 3 aromatic rings. The molecule has 2 aromatic carbocycles. The Kier molecular flexibility index (Phi) is 6.01. The van der Waals surface area contributed by atoms with Gasteiger partial charge in [-0.25, -0.2) is 9.07 Å². The maximum atomic E-state index is 13.4. The molecule has 0 radical (unpaired) electrons. The Morgan fingerprint density at radius 1 is 1.06 bits per heavy atom. The highest BCUT2D eigenvalue weighted by atomic mass is 35.5. The van der Waals surface area contributed by atoms with Gasteiger partial charge >= 0.3 is 0 Å². The predicted octanol–water partition coefficient (Wildman–Crippen LogP) is 6.34. The first-order valence-electron chi connectivity index (χ1n) is 10.4. The zero-order valence-corrected chi connectivity index (χ0v) is 19.5. The van der Waals surface area contributed by atoms with Crippen molar-refractivity contribution < 1.29 is 9.18 Å². The molecule has 0 aliphatic carbocycles. The number of likely N-dealkylation sites (tertiary alicyclic amines) is 1. The van der Waals surface area contributed by atoms with Gasteiger partial charge in [-0.2, -0.15) is 16.9 Å². The number of aromatic nitrogens is 2. The molecular formula is C24H20Cl2FN3OS. The van der Waals surface area contributed by atoms with E-state index in [1.54, 1.807) is 40.7 Å². The zero-order chi connectivity index (χ0) is 22.2. The Balaban J connectivity index is 1.69. The summed E-state index contributed by atoms with van der Waals surface area (Å²) in [5.41, 5.74) is 4.84. The second-order valence-electron chi connectivity index (χ2n) is 7.90. The molecule has 1 fully saturated rings. The normalized spacial score (nSPS) is 17.1. The second-order valence-corrected chi connectivity index (χ2v) is 9.73. The Labute approximate surface area is 200 Å². The van der Waals surface area contributed by atoms with Gasteiger partial charge in [0.25, 0.3) is 5.91 Å². The van der Waals surface area contributed by atoms with Gasteiger partial charge in [0.2, 0.25) is 0 Å². The largest absolute Gasteiger partial charge is 0.337 e. The highest BCUT2D eigenvalue weighted by molar-refractivity contribution is 7.99. The summed E-state index contributed by atoms with van der Waals surface area (Å²) in [7, 11) is 0. The Hall–Kier alpha value is -2.28. The van der Waals surface area contributed by atoms with E-state index >= 15 is 0 Å². The van der Waals surface area contributed by atoms with Crippen LogP contribution in [0.15, 0.2) is 42.5 Å². The van der Waals surface area contributed by atoms with E-state index in [0.29, 0.717) is 27.2 Å². The number of amides is 1. The molecule has 1 saturated heterocycles. The fourth-order valence-corrected chi connectivity index (χ4v) is 5.70. The number of carbonyl (C=O) groups excluding carboxylic acids is 1. The summed E-state index contributed by atoms with van der Waals surface area (Å²) < 4.78 is 15.2. The highest BCUT2D eigenvalue weighted by Gasteiger charge is 2.32. The fourth-order valence-electron chi connectivity index (χ4n) is 4.19. The van der Waals surface area contributed by atoms with Crippen LogP contribution in [0.5, 0.6) is 0 Å². The molecule has 0 saturated carbocycles. The molecule has 0 bridgehead atoms. The van der Waals surface area contributed by atoms with Crippen LogP contribution in [0.1, 0.15) is 40.2 Å². The van der Waals surface area contributed by atoms with Crippen molar-refractivity contribution in [2.24, 2.45) is 0 Å². The number of hydrogen-bond donors (Lipinski definition) is 0. The maximum Gasteiger partial charge on any atom is 0.274 e. The lowest BCUT2D eigenvalue weighted by Gasteiger charge is -2.19. The molecular weight excluding hydrogens is 468 g/mol. The van der Waals surface area contributed by atoms with Crippen molar-refractivity contribution in [3.05, 3.63) is 80.8 Å². The average molecular weight is 488 g/mol. The van der Waals surface area contributed by atoms with Gasteiger partial charge in [-0.1, -0.05) is 35.3 Å². The molecule has 2 aliphatic heterocycles. The summed E-state index contributed by atoms with van der Waals surface area (Å²) >= 11 is 14.4. The third kappa shape index (κ3) is 4.07. The van der Waals surface area contributed by atoms with Gasteiger partial charge in [0.1, 0.15) is 5.82 Å². The maximum absolute atomic E-state index is 13.4. The molecule has 0 N–H and O–H groups in total. The Morgan fingerprint density at radius 2 is 1.81 bits per heavy atom. The molecule has 1 amide bonds. The number of benzene rings is 2. The van der Waals surface area contributed by atoms with Crippen LogP contribution in [0, 0.1) is 5.82 Å². The van der Waals surface area contributed by atoms with Gasteiger partial charge in [0, 0.05) is 35.2 Å². The van der Waals surface area contributed by atoms with E-state index in [9.17, 15) is 9.18 Å². The van der Waals surface area contributed by atoms with Gasteiger partial charge in [0.15, 0.2) is 5.69 Å². The molecule has 3 heterocycles. The van der Waals surface area contributed by atoms with E-state index in [1.165, 1.54) is 12.1 Å². The molecule has 2 aliphatic rings. The van der Waals surface area contributed by atoms with E-state index in [4.69, 9.17) is 28.3 Å². The van der Waals surface area contributed by atoms with Gasteiger partial charge in [-0.3, -0.25) is 4.79 Å². The van der Waals surface area contributed by atoms with Crippen molar-refractivity contribution in [2.45, 2.75) is 18.6 Å².